The predicted octanol–water partition coefficient (Wildman–Crippen LogP) is 2.23. The van der Waals surface area contributed by atoms with Gasteiger partial charge in [0.25, 0.3) is 0 Å². The van der Waals surface area contributed by atoms with Gasteiger partial charge in [-0.05, 0) is 37.0 Å². The van der Waals surface area contributed by atoms with E-state index in [4.69, 9.17) is 4.74 Å². The number of hydrogen-bond acceptors (Lipinski definition) is 3. The highest BCUT2D eigenvalue weighted by Gasteiger charge is 2.29. The Bertz CT molecular complexity index is 467. The van der Waals surface area contributed by atoms with Gasteiger partial charge in [-0.3, -0.25) is 0 Å². The average molecular weight is 306 g/mol. The minimum absolute atomic E-state index is 0.215. The summed E-state index contributed by atoms with van der Waals surface area (Å²) in [4.78, 5) is 11.8. The van der Waals surface area contributed by atoms with Gasteiger partial charge < -0.3 is 20.5 Å². The highest BCUT2D eigenvalue weighted by Crippen LogP contribution is 2.27. The maximum Gasteiger partial charge on any atom is 0.314 e. The number of aliphatic hydroxyl groups is 1. The summed E-state index contributed by atoms with van der Waals surface area (Å²) >= 11 is 0. The van der Waals surface area contributed by atoms with Gasteiger partial charge in [0.2, 0.25) is 0 Å². The van der Waals surface area contributed by atoms with E-state index in [2.05, 4.69) is 10.6 Å². The molecule has 0 atom stereocenters. The fourth-order valence-corrected chi connectivity index (χ4v) is 2.81. The minimum atomic E-state index is -0.717. The fourth-order valence-electron chi connectivity index (χ4n) is 2.81. The molecule has 1 aromatic carbocycles. The topological polar surface area (TPSA) is 70.6 Å². The van der Waals surface area contributed by atoms with Crippen molar-refractivity contribution >= 4 is 6.03 Å². The van der Waals surface area contributed by atoms with Crippen LogP contribution in [0.3, 0.4) is 0 Å². The van der Waals surface area contributed by atoms with E-state index in [1.165, 1.54) is 6.42 Å². The molecule has 0 aliphatic heterocycles. The Kier molecular flexibility index (Phi) is 6.07. The summed E-state index contributed by atoms with van der Waals surface area (Å²) in [5.41, 5.74) is 0.429. The van der Waals surface area contributed by atoms with Crippen LogP contribution in [0.5, 0.6) is 5.75 Å². The number of ether oxygens (including phenoxy) is 1. The van der Waals surface area contributed by atoms with Gasteiger partial charge in [0.1, 0.15) is 5.75 Å². The SMILES string of the molecule is COc1ccc(CCNC(=O)NCC2(O)CCCCC2)cc1. The molecular weight excluding hydrogens is 280 g/mol. The largest absolute Gasteiger partial charge is 0.497 e. The Morgan fingerprint density at radius 2 is 1.86 bits per heavy atom. The van der Waals surface area contributed by atoms with Crippen LogP contribution in [0.4, 0.5) is 4.79 Å². The van der Waals surface area contributed by atoms with Gasteiger partial charge in [-0.25, -0.2) is 4.79 Å². The number of carbonyl (C=O) groups excluding carboxylic acids is 1. The lowest BCUT2D eigenvalue weighted by molar-refractivity contribution is 0.00720. The van der Waals surface area contributed by atoms with Gasteiger partial charge in [0.05, 0.1) is 12.7 Å². The first kappa shape index (κ1) is 16.6. The summed E-state index contributed by atoms with van der Waals surface area (Å²) in [5, 5.41) is 15.9. The molecule has 0 aromatic heterocycles. The molecular formula is C17H26N2O3. The van der Waals surface area contributed by atoms with E-state index in [0.29, 0.717) is 13.1 Å². The number of amides is 2. The Hall–Kier alpha value is -1.75. The molecule has 1 aliphatic rings. The van der Waals surface area contributed by atoms with Gasteiger partial charge in [0.15, 0.2) is 0 Å². The first-order chi connectivity index (χ1) is 10.6. The second kappa shape index (κ2) is 8.03. The smallest absolute Gasteiger partial charge is 0.314 e. The highest BCUT2D eigenvalue weighted by atomic mass is 16.5. The van der Waals surface area contributed by atoms with Crippen molar-refractivity contribution in [2.75, 3.05) is 20.2 Å². The Morgan fingerprint density at radius 1 is 1.18 bits per heavy atom. The Labute approximate surface area is 132 Å². The summed E-state index contributed by atoms with van der Waals surface area (Å²) in [6.07, 6.45) is 5.57. The van der Waals surface area contributed by atoms with Crippen LogP contribution in [0.2, 0.25) is 0 Å². The number of urea groups is 1. The van der Waals surface area contributed by atoms with E-state index < -0.39 is 5.60 Å². The summed E-state index contributed by atoms with van der Waals surface area (Å²) < 4.78 is 5.11. The molecule has 1 aliphatic carbocycles. The molecule has 0 saturated heterocycles. The summed E-state index contributed by atoms with van der Waals surface area (Å²) in [6, 6.07) is 7.58. The van der Waals surface area contributed by atoms with Crippen molar-refractivity contribution in [3.63, 3.8) is 0 Å². The molecule has 1 fully saturated rings. The van der Waals surface area contributed by atoms with Gasteiger partial charge in [-0.2, -0.15) is 0 Å². The van der Waals surface area contributed by atoms with E-state index in [-0.39, 0.29) is 6.03 Å². The number of rotatable bonds is 6. The first-order valence-corrected chi connectivity index (χ1v) is 7.98. The standard InChI is InChI=1S/C17H26N2O3/c1-22-15-7-5-14(6-8-15)9-12-18-16(20)19-13-17(21)10-3-2-4-11-17/h5-8,21H,2-4,9-13H2,1H3,(H2,18,19,20). The van der Waals surface area contributed by atoms with Crippen LogP contribution >= 0.6 is 0 Å². The third-order valence-corrected chi connectivity index (χ3v) is 4.22. The third-order valence-electron chi connectivity index (χ3n) is 4.22. The van der Waals surface area contributed by atoms with Crippen LogP contribution in [0, 0.1) is 0 Å². The normalized spacial score (nSPS) is 16.8. The Morgan fingerprint density at radius 3 is 2.50 bits per heavy atom. The molecule has 0 heterocycles. The van der Waals surface area contributed by atoms with Gasteiger partial charge in [-0.15, -0.1) is 0 Å². The van der Waals surface area contributed by atoms with E-state index in [1.54, 1.807) is 7.11 Å². The van der Waals surface area contributed by atoms with Crippen molar-refractivity contribution in [2.24, 2.45) is 0 Å². The maximum atomic E-state index is 11.8. The minimum Gasteiger partial charge on any atom is -0.497 e. The molecule has 0 radical (unpaired) electrons. The van der Waals surface area contributed by atoms with Crippen molar-refractivity contribution in [1.82, 2.24) is 10.6 Å². The van der Waals surface area contributed by atoms with Crippen molar-refractivity contribution in [1.29, 1.82) is 0 Å². The molecule has 0 spiro atoms. The number of hydrogen-bond donors (Lipinski definition) is 3. The lowest BCUT2D eigenvalue weighted by Gasteiger charge is -2.32. The highest BCUT2D eigenvalue weighted by molar-refractivity contribution is 5.73. The summed E-state index contributed by atoms with van der Waals surface area (Å²) in [5.74, 6) is 0.829. The summed E-state index contributed by atoms with van der Waals surface area (Å²) in [6.45, 7) is 0.901. The van der Waals surface area contributed by atoms with Crippen molar-refractivity contribution in [3.8, 4) is 5.75 Å². The molecule has 3 N–H and O–H groups in total. The fraction of sp³-hybridized carbons (Fsp3) is 0.588. The van der Waals surface area contributed by atoms with Crippen LogP contribution in [0.1, 0.15) is 37.7 Å². The predicted molar refractivity (Wildman–Crippen MR) is 86.1 cm³/mol. The maximum absolute atomic E-state index is 11.8. The van der Waals surface area contributed by atoms with E-state index >= 15 is 0 Å². The lowest BCUT2D eigenvalue weighted by Crippen LogP contribution is -2.47. The molecule has 2 rings (SSSR count). The van der Waals surface area contributed by atoms with Crippen LogP contribution in [0.25, 0.3) is 0 Å². The molecule has 2 amide bonds. The molecule has 5 nitrogen and oxygen atoms in total. The Balaban J connectivity index is 1.64. The molecule has 1 saturated carbocycles. The van der Waals surface area contributed by atoms with Gasteiger partial charge >= 0.3 is 6.03 Å². The third kappa shape index (κ3) is 5.22. The molecule has 122 valence electrons. The van der Waals surface area contributed by atoms with E-state index in [9.17, 15) is 9.90 Å². The number of nitrogens with one attached hydrogen (secondary N) is 2. The lowest BCUT2D eigenvalue weighted by atomic mass is 9.85. The molecule has 0 bridgehead atoms. The van der Waals surface area contributed by atoms with Crippen molar-refractivity contribution in [2.45, 2.75) is 44.1 Å². The average Bonchev–Trinajstić information content (AvgIpc) is 2.54. The van der Waals surface area contributed by atoms with Crippen LogP contribution < -0.4 is 15.4 Å². The summed E-state index contributed by atoms with van der Waals surface area (Å²) in [7, 11) is 1.64. The van der Waals surface area contributed by atoms with Crippen LogP contribution in [-0.4, -0.2) is 36.9 Å². The molecule has 22 heavy (non-hydrogen) atoms. The van der Waals surface area contributed by atoms with Crippen LogP contribution in [0.15, 0.2) is 24.3 Å². The second-order valence-electron chi connectivity index (χ2n) is 5.99. The second-order valence-corrected chi connectivity index (χ2v) is 5.99. The zero-order valence-corrected chi connectivity index (χ0v) is 13.2. The zero-order chi connectivity index (χ0) is 15.8. The number of benzene rings is 1. The molecule has 1 aromatic rings. The van der Waals surface area contributed by atoms with Crippen LogP contribution in [-0.2, 0) is 6.42 Å². The number of methoxy groups -OCH3 is 1. The molecule has 5 heteroatoms. The zero-order valence-electron chi connectivity index (χ0n) is 13.2. The van der Waals surface area contributed by atoms with E-state index in [0.717, 1.165) is 43.4 Å². The number of carbonyl (C=O) groups is 1. The monoisotopic (exact) mass is 306 g/mol. The van der Waals surface area contributed by atoms with Gasteiger partial charge in [-0.1, -0.05) is 31.4 Å². The van der Waals surface area contributed by atoms with Crippen molar-refractivity contribution in [3.05, 3.63) is 29.8 Å². The van der Waals surface area contributed by atoms with E-state index in [1.807, 2.05) is 24.3 Å². The van der Waals surface area contributed by atoms with Gasteiger partial charge in [0, 0.05) is 13.1 Å². The van der Waals surface area contributed by atoms with Crippen molar-refractivity contribution < 1.29 is 14.6 Å². The first-order valence-electron chi connectivity index (χ1n) is 7.98. The molecule has 0 unspecified atom stereocenters. The quantitative estimate of drug-likeness (QED) is 0.755.